The standard InChI is InChI=1S/C20H28N4O2S/c1-2-23-12-14-24(15-13-23)20-11-10-19(17-21-20)22-27(25,26)16-6-9-18-7-4-3-5-8-18/h3-5,7-8,10-11,17,22H,2,6,9,12-16H2,1H3. The van der Waals surface area contributed by atoms with E-state index < -0.39 is 10.0 Å². The molecule has 2 aromatic rings. The molecule has 1 fully saturated rings. The van der Waals surface area contributed by atoms with Gasteiger partial charge >= 0.3 is 0 Å². The first kappa shape index (κ1) is 19.6. The minimum Gasteiger partial charge on any atom is -0.354 e. The average Bonchev–Trinajstić information content (AvgIpc) is 2.69. The largest absolute Gasteiger partial charge is 0.354 e. The molecular formula is C20H28N4O2S. The lowest BCUT2D eigenvalue weighted by atomic mass is 10.1. The maximum absolute atomic E-state index is 12.3. The molecule has 3 rings (SSSR count). The summed E-state index contributed by atoms with van der Waals surface area (Å²) in [5, 5.41) is 0. The van der Waals surface area contributed by atoms with E-state index in [1.165, 1.54) is 0 Å². The van der Waals surface area contributed by atoms with Gasteiger partial charge in [-0.3, -0.25) is 4.72 Å². The molecule has 0 spiro atoms. The Balaban J connectivity index is 1.49. The van der Waals surface area contributed by atoms with Crippen LogP contribution in [0.1, 0.15) is 18.9 Å². The number of aromatic nitrogens is 1. The fraction of sp³-hybridized carbons (Fsp3) is 0.450. The molecule has 146 valence electrons. The normalized spacial score (nSPS) is 15.7. The van der Waals surface area contributed by atoms with Gasteiger partial charge < -0.3 is 9.80 Å². The van der Waals surface area contributed by atoms with Crippen LogP contribution in [0.25, 0.3) is 0 Å². The molecule has 27 heavy (non-hydrogen) atoms. The first-order valence-corrected chi connectivity index (χ1v) is 11.2. The van der Waals surface area contributed by atoms with E-state index in [4.69, 9.17) is 0 Å². The molecule has 6 nitrogen and oxygen atoms in total. The zero-order valence-electron chi connectivity index (χ0n) is 15.8. The molecule has 0 saturated carbocycles. The molecule has 0 radical (unpaired) electrons. The Bertz CT molecular complexity index is 802. The number of likely N-dealkylation sites (N-methyl/N-ethyl adjacent to an activating group) is 1. The first-order valence-electron chi connectivity index (χ1n) is 9.53. The highest BCUT2D eigenvalue weighted by Crippen LogP contribution is 2.17. The fourth-order valence-electron chi connectivity index (χ4n) is 3.27. The zero-order chi connectivity index (χ0) is 19.1. The van der Waals surface area contributed by atoms with Gasteiger partial charge in [-0.2, -0.15) is 0 Å². The second-order valence-corrected chi connectivity index (χ2v) is 8.68. The van der Waals surface area contributed by atoms with Crippen molar-refractivity contribution in [3.8, 4) is 0 Å². The van der Waals surface area contributed by atoms with Crippen molar-refractivity contribution in [2.75, 3.05) is 48.1 Å². The predicted molar refractivity (Wildman–Crippen MR) is 111 cm³/mol. The molecule has 1 aliphatic heterocycles. The second kappa shape index (κ2) is 9.19. The average molecular weight is 389 g/mol. The van der Waals surface area contributed by atoms with E-state index in [2.05, 4.69) is 26.4 Å². The molecule has 2 heterocycles. The van der Waals surface area contributed by atoms with Crippen LogP contribution in [0.15, 0.2) is 48.7 Å². The van der Waals surface area contributed by atoms with Crippen LogP contribution in [0.5, 0.6) is 0 Å². The maximum Gasteiger partial charge on any atom is 0.232 e. The van der Waals surface area contributed by atoms with Crippen LogP contribution in [-0.2, 0) is 16.4 Å². The summed E-state index contributed by atoms with van der Waals surface area (Å²) in [6.45, 7) is 7.22. The van der Waals surface area contributed by atoms with Gasteiger partial charge in [0.15, 0.2) is 0 Å². The van der Waals surface area contributed by atoms with Crippen LogP contribution in [0, 0.1) is 0 Å². The van der Waals surface area contributed by atoms with E-state index in [1.807, 2.05) is 36.4 Å². The van der Waals surface area contributed by atoms with Crippen LogP contribution in [0.2, 0.25) is 0 Å². The Hall–Kier alpha value is -2.12. The molecule has 0 aliphatic carbocycles. The summed E-state index contributed by atoms with van der Waals surface area (Å²) in [7, 11) is -3.36. The maximum atomic E-state index is 12.3. The highest BCUT2D eigenvalue weighted by Gasteiger charge is 2.17. The van der Waals surface area contributed by atoms with E-state index in [1.54, 1.807) is 12.3 Å². The van der Waals surface area contributed by atoms with Gasteiger partial charge in [-0.25, -0.2) is 13.4 Å². The molecule has 7 heteroatoms. The molecule has 1 N–H and O–H groups in total. The van der Waals surface area contributed by atoms with Gasteiger partial charge in [0.05, 0.1) is 17.6 Å². The number of pyridine rings is 1. The van der Waals surface area contributed by atoms with Gasteiger partial charge in [-0.1, -0.05) is 37.3 Å². The SMILES string of the molecule is CCN1CCN(c2ccc(NS(=O)(=O)CCCc3ccccc3)cn2)CC1. The number of aryl methyl sites for hydroxylation is 1. The second-order valence-electron chi connectivity index (χ2n) is 6.84. The Morgan fingerprint density at radius 3 is 2.41 bits per heavy atom. The summed E-state index contributed by atoms with van der Waals surface area (Å²) in [4.78, 5) is 9.10. The number of rotatable bonds is 8. The molecule has 1 aromatic heterocycles. The van der Waals surface area contributed by atoms with Gasteiger partial charge in [-0.05, 0) is 37.1 Å². The van der Waals surface area contributed by atoms with Crippen LogP contribution < -0.4 is 9.62 Å². The third kappa shape index (κ3) is 5.94. The van der Waals surface area contributed by atoms with E-state index in [9.17, 15) is 8.42 Å². The van der Waals surface area contributed by atoms with Crippen molar-refractivity contribution in [3.63, 3.8) is 0 Å². The fourth-order valence-corrected chi connectivity index (χ4v) is 4.37. The van der Waals surface area contributed by atoms with Crippen LogP contribution in [0.3, 0.4) is 0 Å². The van der Waals surface area contributed by atoms with Gasteiger partial charge in [0, 0.05) is 26.2 Å². The minimum atomic E-state index is -3.36. The quantitative estimate of drug-likeness (QED) is 0.753. The number of sulfonamides is 1. The molecule has 0 unspecified atom stereocenters. The van der Waals surface area contributed by atoms with Crippen molar-refractivity contribution in [1.82, 2.24) is 9.88 Å². The molecule has 0 bridgehead atoms. The highest BCUT2D eigenvalue weighted by molar-refractivity contribution is 7.92. The topological polar surface area (TPSA) is 65.5 Å². The number of nitrogens with one attached hydrogen (secondary N) is 1. The van der Waals surface area contributed by atoms with E-state index in [0.717, 1.165) is 50.5 Å². The Labute approximate surface area is 162 Å². The van der Waals surface area contributed by atoms with Crippen molar-refractivity contribution in [1.29, 1.82) is 0 Å². The number of hydrogen-bond donors (Lipinski definition) is 1. The van der Waals surface area contributed by atoms with Gasteiger partial charge in [0.25, 0.3) is 0 Å². The minimum absolute atomic E-state index is 0.0998. The Kier molecular flexibility index (Phi) is 6.68. The van der Waals surface area contributed by atoms with Crippen LogP contribution in [-0.4, -0.2) is 56.8 Å². The van der Waals surface area contributed by atoms with E-state index >= 15 is 0 Å². The molecular weight excluding hydrogens is 360 g/mol. The number of nitrogens with zero attached hydrogens (tertiary/aromatic N) is 3. The van der Waals surface area contributed by atoms with Crippen LogP contribution in [0.4, 0.5) is 11.5 Å². The van der Waals surface area contributed by atoms with Crippen molar-refractivity contribution in [2.45, 2.75) is 19.8 Å². The smallest absolute Gasteiger partial charge is 0.232 e. The Morgan fingerprint density at radius 2 is 1.78 bits per heavy atom. The number of benzene rings is 1. The molecule has 1 aromatic carbocycles. The summed E-state index contributed by atoms with van der Waals surface area (Å²) in [5.74, 6) is 1.00. The molecule has 1 aliphatic rings. The van der Waals surface area contributed by atoms with Crippen molar-refractivity contribution in [3.05, 3.63) is 54.2 Å². The Morgan fingerprint density at radius 1 is 1.04 bits per heavy atom. The highest BCUT2D eigenvalue weighted by atomic mass is 32.2. The zero-order valence-corrected chi connectivity index (χ0v) is 16.7. The van der Waals surface area contributed by atoms with Gasteiger partial charge in [0.2, 0.25) is 10.0 Å². The lowest BCUT2D eigenvalue weighted by Gasteiger charge is -2.34. The number of anilines is 2. The first-order chi connectivity index (χ1) is 13.1. The van der Waals surface area contributed by atoms with Crippen molar-refractivity contribution < 1.29 is 8.42 Å². The number of hydrogen-bond acceptors (Lipinski definition) is 5. The van der Waals surface area contributed by atoms with Crippen LogP contribution >= 0.6 is 0 Å². The lowest BCUT2D eigenvalue weighted by Crippen LogP contribution is -2.46. The van der Waals surface area contributed by atoms with E-state index in [-0.39, 0.29) is 5.75 Å². The van der Waals surface area contributed by atoms with Gasteiger partial charge in [-0.15, -0.1) is 0 Å². The summed E-state index contributed by atoms with van der Waals surface area (Å²) in [6.07, 6.45) is 2.95. The van der Waals surface area contributed by atoms with E-state index in [0.29, 0.717) is 12.1 Å². The predicted octanol–water partition coefficient (Wildman–Crippen LogP) is 2.60. The van der Waals surface area contributed by atoms with Crippen molar-refractivity contribution >= 4 is 21.5 Å². The molecule has 0 amide bonds. The summed E-state index contributed by atoms with van der Waals surface area (Å²) in [5.41, 5.74) is 1.67. The van der Waals surface area contributed by atoms with Gasteiger partial charge in [0.1, 0.15) is 5.82 Å². The summed E-state index contributed by atoms with van der Waals surface area (Å²) in [6, 6.07) is 13.6. The summed E-state index contributed by atoms with van der Waals surface area (Å²) < 4.78 is 27.2. The lowest BCUT2D eigenvalue weighted by molar-refractivity contribution is 0.270. The third-order valence-corrected chi connectivity index (χ3v) is 6.26. The number of piperazine rings is 1. The third-order valence-electron chi connectivity index (χ3n) is 4.89. The monoisotopic (exact) mass is 388 g/mol. The molecule has 0 atom stereocenters. The molecule has 1 saturated heterocycles. The summed E-state index contributed by atoms with van der Waals surface area (Å²) >= 11 is 0. The van der Waals surface area contributed by atoms with Crippen molar-refractivity contribution in [2.24, 2.45) is 0 Å².